The molecule has 0 N–H and O–H groups in total. The monoisotopic (exact) mass is 715 g/mol. The van der Waals surface area contributed by atoms with E-state index in [0.717, 1.165) is 27.6 Å². The Hall–Kier alpha value is -6.97. The number of nitrogens with zero attached hydrogens (tertiary/aromatic N) is 3. The number of rotatable bonds is 4. The molecule has 0 aliphatic heterocycles. The van der Waals surface area contributed by atoms with Crippen LogP contribution in [0, 0.1) is 0 Å². The van der Waals surface area contributed by atoms with Gasteiger partial charge in [0.2, 0.25) is 0 Å². The Bertz CT molecular complexity index is 2970. The molecule has 56 heavy (non-hydrogen) atoms. The summed E-state index contributed by atoms with van der Waals surface area (Å²) in [6.07, 6.45) is 0. The molecular weight excluding hydrogens is 679 g/mol. The highest BCUT2D eigenvalue weighted by molar-refractivity contribution is 5.91. The van der Waals surface area contributed by atoms with Crippen molar-refractivity contribution in [3.8, 4) is 56.4 Å². The van der Waals surface area contributed by atoms with Crippen molar-refractivity contribution in [3.63, 3.8) is 0 Å². The fourth-order valence-electron chi connectivity index (χ4n) is 9.73. The summed E-state index contributed by atoms with van der Waals surface area (Å²) in [6, 6.07) is 67.9. The van der Waals surface area contributed by atoms with Gasteiger partial charge in [0.15, 0.2) is 17.5 Å². The first-order valence-electron chi connectivity index (χ1n) is 19.4. The van der Waals surface area contributed by atoms with Crippen LogP contribution in [0.25, 0.3) is 67.2 Å². The Morgan fingerprint density at radius 1 is 0.321 bits per heavy atom. The number of aromatic nitrogens is 3. The molecule has 2 aliphatic carbocycles. The third kappa shape index (κ3) is 4.67. The maximum atomic E-state index is 5.17. The molecule has 0 bridgehead atoms. The molecule has 2 aliphatic rings. The van der Waals surface area contributed by atoms with Gasteiger partial charge in [0.25, 0.3) is 0 Å². The SMILES string of the molecule is CC1(C)c2ccccc2C2(c3ccccc3-c3ccccc32)c2cccc(-c3cccc(-c4nc(-c5ccccc5)nc(-c5ccc6ccccc6c5)n4)c3)c21. The second kappa shape index (κ2) is 12.3. The van der Waals surface area contributed by atoms with Crippen molar-refractivity contribution < 1.29 is 0 Å². The van der Waals surface area contributed by atoms with Gasteiger partial charge in [-0.2, -0.15) is 0 Å². The van der Waals surface area contributed by atoms with Crippen molar-refractivity contribution in [1.82, 2.24) is 15.0 Å². The lowest BCUT2D eigenvalue weighted by Crippen LogP contribution is -2.41. The minimum atomic E-state index is -0.449. The van der Waals surface area contributed by atoms with E-state index in [4.69, 9.17) is 15.0 Å². The average molecular weight is 716 g/mol. The summed E-state index contributed by atoms with van der Waals surface area (Å²) in [4.78, 5) is 15.3. The maximum absolute atomic E-state index is 5.17. The fourth-order valence-corrected chi connectivity index (χ4v) is 9.73. The first kappa shape index (κ1) is 32.5. The second-order valence-corrected chi connectivity index (χ2v) is 15.6. The highest BCUT2D eigenvalue weighted by Crippen LogP contribution is 2.63. The Labute approximate surface area is 327 Å². The molecule has 264 valence electrons. The quantitative estimate of drug-likeness (QED) is 0.182. The molecule has 3 nitrogen and oxygen atoms in total. The first-order valence-corrected chi connectivity index (χ1v) is 19.4. The predicted molar refractivity (Wildman–Crippen MR) is 229 cm³/mol. The van der Waals surface area contributed by atoms with Gasteiger partial charge in [-0.3, -0.25) is 0 Å². The summed E-state index contributed by atoms with van der Waals surface area (Å²) in [5, 5.41) is 2.34. The minimum absolute atomic E-state index is 0.285. The smallest absolute Gasteiger partial charge is 0.164 e. The third-order valence-electron chi connectivity index (χ3n) is 12.2. The summed E-state index contributed by atoms with van der Waals surface area (Å²) in [5.41, 5.74) is 15.2. The molecule has 0 saturated carbocycles. The Kier molecular flexibility index (Phi) is 7.11. The topological polar surface area (TPSA) is 38.7 Å². The lowest BCUT2D eigenvalue weighted by atomic mass is 9.54. The molecule has 0 unspecified atom stereocenters. The molecule has 0 radical (unpaired) electrons. The summed E-state index contributed by atoms with van der Waals surface area (Å²) in [7, 11) is 0. The fraction of sp³-hybridized carbons (Fsp3) is 0.0755. The van der Waals surface area contributed by atoms with Crippen LogP contribution < -0.4 is 0 Å². The minimum Gasteiger partial charge on any atom is -0.208 e. The number of hydrogen-bond acceptors (Lipinski definition) is 3. The van der Waals surface area contributed by atoms with Crippen LogP contribution >= 0.6 is 0 Å². The van der Waals surface area contributed by atoms with Crippen LogP contribution in [-0.4, -0.2) is 15.0 Å². The molecule has 0 amide bonds. The maximum Gasteiger partial charge on any atom is 0.164 e. The molecule has 9 aromatic rings. The third-order valence-corrected chi connectivity index (χ3v) is 12.2. The van der Waals surface area contributed by atoms with E-state index < -0.39 is 5.41 Å². The number of fused-ring (bicyclic) bond motifs is 10. The zero-order valence-electron chi connectivity index (χ0n) is 31.2. The predicted octanol–water partition coefficient (Wildman–Crippen LogP) is 12.7. The molecule has 0 saturated heterocycles. The van der Waals surface area contributed by atoms with Gasteiger partial charge in [0, 0.05) is 22.1 Å². The Balaban J connectivity index is 1.13. The molecule has 1 spiro atoms. The molecular formula is C53H37N3. The molecule has 0 atom stereocenters. The van der Waals surface area contributed by atoms with Crippen molar-refractivity contribution in [1.29, 1.82) is 0 Å². The normalized spacial score (nSPS) is 14.2. The first-order chi connectivity index (χ1) is 27.5. The van der Waals surface area contributed by atoms with Crippen LogP contribution in [-0.2, 0) is 10.8 Å². The number of hydrogen-bond donors (Lipinski definition) is 0. The summed E-state index contributed by atoms with van der Waals surface area (Å²) >= 11 is 0. The van der Waals surface area contributed by atoms with Gasteiger partial charge in [0.1, 0.15) is 0 Å². The Morgan fingerprint density at radius 3 is 1.52 bits per heavy atom. The van der Waals surface area contributed by atoms with Gasteiger partial charge < -0.3 is 0 Å². The highest BCUT2D eigenvalue weighted by atomic mass is 15.0. The summed E-state index contributed by atoms with van der Waals surface area (Å²) in [6.45, 7) is 4.79. The van der Waals surface area contributed by atoms with E-state index >= 15 is 0 Å². The van der Waals surface area contributed by atoms with Crippen molar-refractivity contribution in [2.45, 2.75) is 24.7 Å². The van der Waals surface area contributed by atoms with Gasteiger partial charge >= 0.3 is 0 Å². The van der Waals surface area contributed by atoms with Crippen LogP contribution in [0.5, 0.6) is 0 Å². The lowest BCUT2D eigenvalue weighted by molar-refractivity contribution is 0.565. The molecule has 1 aromatic heterocycles. The van der Waals surface area contributed by atoms with E-state index in [1.165, 1.54) is 55.5 Å². The second-order valence-electron chi connectivity index (χ2n) is 15.6. The van der Waals surface area contributed by atoms with Crippen molar-refractivity contribution in [2.75, 3.05) is 0 Å². The van der Waals surface area contributed by atoms with Gasteiger partial charge in [-0.25, -0.2) is 15.0 Å². The van der Waals surface area contributed by atoms with Gasteiger partial charge in [-0.15, -0.1) is 0 Å². The van der Waals surface area contributed by atoms with E-state index in [2.05, 4.69) is 184 Å². The van der Waals surface area contributed by atoms with E-state index in [-0.39, 0.29) is 5.41 Å². The molecule has 0 fully saturated rings. The molecule has 8 aromatic carbocycles. The van der Waals surface area contributed by atoms with Crippen LogP contribution in [0.2, 0.25) is 0 Å². The van der Waals surface area contributed by atoms with Crippen molar-refractivity contribution in [3.05, 3.63) is 221 Å². The molecule has 3 heteroatoms. The largest absolute Gasteiger partial charge is 0.208 e. The standard InChI is InChI=1S/C53H37N3/c1-52(2)45-27-12-13-28-46(45)53(43-25-10-8-22-41(43)42-23-9-11-26-44(42)53)47-29-15-24-40(48(47)52)37-20-14-21-38(33-37)50-54-49(35-17-4-3-5-18-35)55-51(56-50)39-31-30-34-16-6-7-19-36(34)32-39/h3-33H,1-2H3. The Morgan fingerprint density at radius 2 is 0.804 bits per heavy atom. The zero-order valence-corrected chi connectivity index (χ0v) is 31.2. The van der Waals surface area contributed by atoms with Crippen molar-refractivity contribution in [2.24, 2.45) is 0 Å². The van der Waals surface area contributed by atoms with E-state index in [1.807, 2.05) is 18.2 Å². The highest BCUT2D eigenvalue weighted by Gasteiger charge is 2.53. The van der Waals surface area contributed by atoms with Gasteiger partial charge in [0.05, 0.1) is 5.41 Å². The molecule has 11 rings (SSSR count). The van der Waals surface area contributed by atoms with Crippen LogP contribution in [0.3, 0.4) is 0 Å². The lowest BCUT2D eigenvalue weighted by Gasteiger charge is -2.47. The van der Waals surface area contributed by atoms with E-state index in [0.29, 0.717) is 17.5 Å². The van der Waals surface area contributed by atoms with Gasteiger partial charge in [-0.1, -0.05) is 190 Å². The van der Waals surface area contributed by atoms with Gasteiger partial charge in [-0.05, 0) is 78.5 Å². The molecule has 1 heterocycles. The van der Waals surface area contributed by atoms with E-state index in [9.17, 15) is 0 Å². The summed E-state index contributed by atoms with van der Waals surface area (Å²) < 4.78 is 0. The van der Waals surface area contributed by atoms with Crippen LogP contribution in [0.4, 0.5) is 0 Å². The average Bonchev–Trinajstić information content (AvgIpc) is 3.56. The van der Waals surface area contributed by atoms with Crippen molar-refractivity contribution >= 4 is 10.8 Å². The van der Waals surface area contributed by atoms with E-state index in [1.54, 1.807) is 0 Å². The number of benzene rings is 8. The zero-order chi connectivity index (χ0) is 37.4. The van der Waals surface area contributed by atoms with Crippen LogP contribution in [0.1, 0.15) is 47.2 Å². The summed E-state index contributed by atoms with van der Waals surface area (Å²) in [5.74, 6) is 1.95. The van der Waals surface area contributed by atoms with Crippen LogP contribution in [0.15, 0.2) is 188 Å².